The summed E-state index contributed by atoms with van der Waals surface area (Å²) in [7, 11) is 0. The lowest BCUT2D eigenvalue weighted by Gasteiger charge is -2.26. The number of esters is 2. The molecule has 0 saturated heterocycles. The first-order chi connectivity index (χ1) is 11.5. The second-order valence-electron chi connectivity index (χ2n) is 5.65. The lowest BCUT2D eigenvalue weighted by Crippen LogP contribution is -2.20. The number of hydrogen-bond donors (Lipinski definition) is 0. The Morgan fingerprint density at radius 1 is 1.00 bits per heavy atom. The molecule has 5 nitrogen and oxygen atoms in total. The van der Waals surface area contributed by atoms with Crippen molar-refractivity contribution in [2.45, 2.75) is 40.0 Å². The van der Waals surface area contributed by atoms with E-state index in [0.29, 0.717) is 16.7 Å². The summed E-state index contributed by atoms with van der Waals surface area (Å²) in [6.07, 6.45) is 7.98. The van der Waals surface area contributed by atoms with Crippen molar-refractivity contribution >= 4 is 11.9 Å². The quantitative estimate of drug-likeness (QED) is 0.607. The van der Waals surface area contributed by atoms with Gasteiger partial charge in [-0.1, -0.05) is 23.3 Å². The summed E-state index contributed by atoms with van der Waals surface area (Å²) >= 11 is 0. The zero-order valence-corrected chi connectivity index (χ0v) is 14.6. The molecule has 0 amide bonds. The summed E-state index contributed by atoms with van der Waals surface area (Å²) in [5.74, 6) is -1.10. The number of carbonyl (C=O) groups excluding carboxylic acids is 2. The van der Waals surface area contributed by atoms with Gasteiger partial charge >= 0.3 is 11.9 Å². The van der Waals surface area contributed by atoms with Gasteiger partial charge in [0, 0.05) is 18.3 Å². The molecule has 24 heavy (non-hydrogen) atoms. The van der Waals surface area contributed by atoms with Gasteiger partial charge in [-0.05, 0) is 39.7 Å². The number of pyridine rings is 1. The van der Waals surface area contributed by atoms with Gasteiger partial charge < -0.3 is 9.47 Å². The molecule has 0 atom stereocenters. The molecule has 2 rings (SSSR count). The summed E-state index contributed by atoms with van der Waals surface area (Å²) in [6, 6.07) is 0. The highest BCUT2D eigenvalue weighted by molar-refractivity contribution is 5.98. The van der Waals surface area contributed by atoms with Crippen LogP contribution < -0.4 is 0 Å². The van der Waals surface area contributed by atoms with Gasteiger partial charge in [-0.15, -0.1) is 0 Å². The molecule has 0 radical (unpaired) electrons. The third kappa shape index (κ3) is 3.55. The van der Waals surface area contributed by atoms with E-state index >= 15 is 0 Å². The minimum atomic E-state index is -0.475. The highest BCUT2D eigenvalue weighted by atomic mass is 16.5. The molecular weight excluding hydrogens is 306 g/mol. The van der Waals surface area contributed by atoms with Crippen LogP contribution in [0, 0.1) is 0 Å². The van der Waals surface area contributed by atoms with Crippen LogP contribution in [0.15, 0.2) is 35.7 Å². The Morgan fingerprint density at radius 3 is 1.88 bits per heavy atom. The largest absolute Gasteiger partial charge is 0.462 e. The van der Waals surface area contributed by atoms with E-state index in [0.717, 1.165) is 17.6 Å². The van der Waals surface area contributed by atoms with Crippen LogP contribution in [0.3, 0.4) is 0 Å². The van der Waals surface area contributed by atoms with Gasteiger partial charge in [-0.2, -0.15) is 0 Å². The number of aromatic nitrogens is 1. The van der Waals surface area contributed by atoms with Gasteiger partial charge in [0.25, 0.3) is 0 Å². The molecule has 1 aromatic heterocycles. The fraction of sp³-hybridized carbons (Fsp3) is 0.421. The summed E-state index contributed by atoms with van der Waals surface area (Å²) in [5, 5.41) is 0. The van der Waals surface area contributed by atoms with Crippen molar-refractivity contribution in [1.82, 2.24) is 4.98 Å². The number of hydrogen-bond acceptors (Lipinski definition) is 5. The van der Waals surface area contributed by atoms with Crippen LogP contribution >= 0.6 is 0 Å². The molecule has 0 N–H and O–H groups in total. The second kappa shape index (κ2) is 7.90. The van der Waals surface area contributed by atoms with E-state index in [2.05, 4.69) is 17.1 Å². The Kier molecular flexibility index (Phi) is 5.90. The minimum absolute atomic E-state index is 0.152. The highest BCUT2D eigenvalue weighted by Crippen LogP contribution is 2.38. The third-order valence-corrected chi connectivity index (χ3v) is 4.06. The van der Waals surface area contributed by atoms with Crippen molar-refractivity contribution in [2.75, 3.05) is 13.2 Å². The van der Waals surface area contributed by atoms with E-state index in [1.165, 1.54) is 12.4 Å². The van der Waals surface area contributed by atoms with Gasteiger partial charge in [-0.3, -0.25) is 4.98 Å². The molecule has 0 saturated carbocycles. The van der Waals surface area contributed by atoms with Gasteiger partial charge in [-0.25, -0.2) is 9.59 Å². The maximum atomic E-state index is 12.4. The zero-order valence-electron chi connectivity index (χ0n) is 14.6. The van der Waals surface area contributed by atoms with Crippen LogP contribution in [0.5, 0.6) is 0 Å². The molecule has 1 aliphatic rings. The standard InChI is InChI=1S/C19H23NO4/c1-5-23-18(21)14-10-20-11-15(19(22)24-6-2)17(14)16-12(3)8-7-9-13(16)4/h8-11,16H,5-7H2,1-4H3. The molecule has 0 aromatic carbocycles. The summed E-state index contributed by atoms with van der Waals surface area (Å²) in [4.78, 5) is 28.9. The molecule has 0 spiro atoms. The van der Waals surface area contributed by atoms with Crippen molar-refractivity contribution in [3.63, 3.8) is 0 Å². The van der Waals surface area contributed by atoms with E-state index in [4.69, 9.17) is 9.47 Å². The molecule has 5 heteroatoms. The van der Waals surface area contributed by atoms with E-state index in [1.807, 2.05) is 13.8 Å². The lowest BCUT2D eigenvalue weighted by molar-refractivity contribution is 0.0521. The zero-order chi connectivity index (χ0) is 17.7. The molecule has 0 bridgehead atoms. The van der Waals surface area contributed by atoms with Crippen molar-refractivity contribution < 1.29 is 19.1 Å². The number of nitrogens with zero attached hydrogens (tertiary/aromatic N) is 1. The van der Waals surface area contributed by atoms with E-state index in [-0.39, 0.29) is 19.1 Å². The van der Waals surface area contributed by atoms with E-state index in [9.17, 15) is 9.59 Å². The molecule has 1 aliphatic carbocycles. The number of carbonyl (C=O) groups is 2. The average molecular weight is 329 g/mol. The van der Waals surface area contributed by atoms with Gasteiger partial charge in [0.2, 0.25) is 0 Å². The normalized spacial score (nSPS) is 14.7. The first-order valence-corrected chi connectivity index (χ1v) is 8.16. The molecule has 128 valence electrons. The first kappa shape index (κ1) is 17.9. The minimum Gasteiger partial charge on any atom is -0.462 e. The average Bonchev–Trinajstić information content (AvgIpc) is 2.55. The predicted octanol–water partition coefficient (Wildman–Crippen LogP) is 3.81. The summed E-state index contributed by atoms with van der Waals surface area (Å²) < 4.78 is 10.3. The van der Waals surface area contributed by atoms with E-state index < -0.39 is 11.9 Å². The summed E-state index contributed by atoms with van der Waals surface area (Å²) in [6.45, 7) is 8.03. The third-order valence-electron chi connectivity index (χ3n) is 4.06. The number of rotatable bonds is 5. The predicted molar refractivity (Wildman–Crippen MR) is 91.0 cm³/mol. The van der Waals surface area contributed by atoms with Gasteiger partial charge in [0.15, 0.2) is 0 Å². The molecule has 0 unspecified atom stereocenters. The van der Waals surface area contributed by atoms with E-state index in [1.54, 1.807) is 13.8 Å². The van der Waals surface area contributed by atoms with Crippen LogP contribution in [0.25, 0.3) is 0 Å². The Labute approximate surface area is 142 Å². The Morgan fingerprint density at radius 2 is 1.46 bits per heavy atom. The molecule has 1 aromatic rings. The van der Waals surface area contributed by atoms with Crippen molar-refractivity contribution in [3.05, 3.63) is 52.4 Å². The fourth-order valence-corrected chi connectivity index (χ4v) is 3.01. The van der Waals surface area contributed by atoms with Crippen LogP contribution in [0.2, 0.25) is 0 Å². The highest BCUT2D eigenvalue weighted by Gasteiger charge is 2.30. The fourth-order valence-electron chi connectivity index (χ4n) is 3.01. The van der Waals surface area contributed by atoms with Gasteiger partial charge in [0.05, 0.1) is 24.3 Å². The SMILES string of the molecule is CCOC(=O)c1cncc(C(=O)OCC)c1C1C(C)=CCC=C1C. The maximum Gasteiger partial charge on any atom is 0.340 e. The molecular formula is C19H23NO4. The van der Waals surface area contributed by atoms with Crippen LogP contribution in [-0.2, 0) is 9.47 Å². The van der Waals surface area contributed by atoms with Crippen LogP contribution in [-0.4, -0.2) is 30.1 Å². The Hall–Kier alpha value is -2.43. The Balaban J connectivity index is 2.66. The van der Waals surface area contributed by atoms with Crippen molar-refractivity contribution in [1.29, 1.82) is 0 Å². The molecule has 0 fully saturated rings. The van der Waals surface area contributed by atoms with Gasteiger partial charge in [0.1, 0.15) is 0 Å². The smallest absolute Gasteiger partial charge is 0.340 e. The number of allylic oxidation sites excluding steroid dienone is 4. The Bertz CT molecular complexity index is 649. The topological polar surface area (TPSA) is 65.5 Å². The maximum absolute atomic E-state index is 12.4. The number of ether oxygens (including phenoxy) is 2. The summed E-state index contributed by atoms with van der Waals surface area (Å²) in [5.41, 5.74) is 3.43. The van der Waals surface area contributed by atoms with Crippen molar-refractivity contribution in [3.8, 4) is 0 Å². The first-order valence-electron chi connectivity index (χ1n) is 8.16. The van der Waals surface area contributed by atoms with Crippen LogP contribution in [0.4, 0.5) is 0 Å². The van der Waals surface area contributed by atoms with Crippen LogP contribution in [0.1, 0.15) is 66.3 Å². The molecule has 1 heterocycles. The monoisotopic (exact) mass is 329 g/mol. The molecule has 0 aliphatic heterocycles. The second-order valence-corrected chi connectivity index (χ2v) is 5.65. The lowest BCUT2D eigenvalue weighted by atomic mass is 9.79. The van der Waals surface area contributed by atoms with Crippen molar-refractivity contribution in [2.24, 2.45) is 0 Å².